The zero-order valence-electron chi connectivity index (χ0n) is 10.3. The molecule has 0 aliphatic heterocycles. The van der Waals surface area contributed by atoms with E-state index in [1.54, 1.807) is 12.2 Å². The van der Waals surface area contributed by atoms with Crippen LogP contribution in [0.5, 0.6) is 0 Å². The lowest BCUT2D eigenvalue weighted by Gasteiger charge is -2.20. The van der Waals surface area contributed by atoms with Crippen LogP contribution in [0.1, 0.15) is 34.6 Å². The number of hydrogen-bond donors (Lipinski definition) is 1. The summed E-state index contributed by atoms with van der Waals surface area (Å²) >= 11 is 0. The highest BCUT2D eigenvalue weighted by molar-refractivity contribution is 5.96. The second kappa shape index (κ2) is 6.23. The Kier molecular flexibility index (Phi) is 5.68. The van der Waals surface area contributed by atoms with Crippen LogP contribution in [-0.2, 0) is 4.79 Å². The van der Waals surface area contributed by atoms with Crippen molar-refractivity contribution in [2.24, 2.45) is 0 Å². The molecular formula is C13H21NO. The van der Waals surface area contributed by atoms with Crippen molar-refractivity contribution in [1.82, 2.24) is 5.32 Å². The first kappa shape index (κ1) is 13.7. The Morgan fingerprint density at radius 2 is 1.73 bits per heavy atom. The molecule has 0 aliphatic carbocycles. The van der Waals surface area contributed by atoms with E-state index in [0.717, 1.165) is 0 Å². The molecule has 0 aliphatic rings. The molecule has 1 N–H and O–H groups in total. The maximum atomic E-state index is 11.7. The molecule has 1 amide bonds. The average Bonchev–Trinajstić information content (AvgIpc) is 2.09. The number of nitrogens with one attached hydrogen (secondary N) is 1. The molecule has 0 aromatic heterocycles. The predicted molar refractivity (Wildman–Crippen MR) is 65.6 cm³/mol. The molecule has 0 spiro atoms. The summed E-state index contributed by atoms with van der Waals surface area (Å²) < 4.78 is 0. The summed E-state index contributed by atoms with van der Waals surface area (Å²) in [6.07, 6.45) is 9.29. The topological polar surface area (TPSA) is 29.1 Å². The van der Waals surface area contributed by atoms with Crippen molar-refractivity contribution in [2.45, 2.75) is 40.2 Å². The van der Waals surface area contributed by atoms with E-state index in [9.17, 15) is 4.79 Å². The van der Waals surface area contributed by atoms with E-state index in [1.807, 2.05) is 52.8 Å². The average molecular weight is 207 g/mol. The van der Waals surface area contributed by atoms with Gasteiger partial charge in [0.2, 0.25) is 0 Å². The summed E-state index contributed by atoms with van der Waals surface area (Å²) in [5, 5.41) is 2.91. The monoisotopic (exact) mass is 207 g/mol. The van der Waals surface area contributed by atoms with Crippen molar-refractivity contribution >= 4 is 5.91 Å². The van der Waals surface area contributed by atoms with Gasteiger partial charge in [0, 0.05) is 11.1 Å². The third-order valence-corrected chi connectivity index (χ3v) is 1.64. The fourth-order valence-electron chi connectivity index (χ4n) is 0.986. The first-order chi connectivity index (χ1) is 6.90. The smallest absolute Gasteiger partial charge is 0.251 e. The summed E-state index contributed by atoms with van der Waals surface area (Å²) in [7, 11) is 0. The molecule has 0 radical (unpaired) electrons. The molecule has 2 nitrogen and oxygen atoms in total. The molecular weight excluding hydrogens is 186 g/mol. The number of rotatable bonds is 3. The summed E-state index contributed by atoms with van der Waals surface area (Å²) in [4.78, 5) is 11.7. The number of carbonyl (C=O) groups is 1. The molecule has 84 valence electrons. The highest BCUT2D eigenvalue weighted by atomic mass is 16.1. The number of allylic oxidation sites excluding steroid dienone is 4. The second-order valence-electron chi connectivity index (χ2n) is 4.33. The molecule has 0 heterocycles. The van der Waals surface area contributed by atoms with Gasteiger partial charge >= 0.3 is 0 Å². The van der Waals surface area contributed by atoms with E-state index in [1.165, 1.54) is 0 Å². The van der Waals surface area contributed by atoms with Crippen molar-refractivity contribution in [2.75, 3.05) is 0 Å². The SMILES string of the molecule is C\C=C/C=C\C(=C/C)C(=O)NC(C)(C)C. The molecule has 0 atom stereocenters. The van der Waals surface area contributed by atoms with Crippen molar-refractivity contribution in [3.63, 3.8) is 0 Å². The molecule has 2 heteroatoms. The Labute approximate surface area is 92.8 Å². The fraction of sp³-hybridized carbons (Fsp3) is 0.462. The van der Waals surface area contributed by atoms with Crippen molar-refractivity contribution in [1.29, 1.82) is 0 Å². The van der Waals surface area contributed by atoms with Crippen LogP contribution in [0.3, 0.4) is 0 Å². The summed E-state index contributed by atoms with van der Waals surface area (Å²) in [5.74, 6) is -0.0363. The first-order valence-corrected chi connectivity index (χ1v) is 5.19. The van der Waals surface area contributed by atoms with E-state index < -0.39 is 0 Å². The minimum absolute atomic E-state index is 0.0363. The van der Waals surface area contributed by atoms with E-state index in [2.05, 4.69) is 5.32 Å². The van der Waals surface area contributed by atoms with Gasteiger partial charge in [0.05, 0.1) is 0 Å². The Morgan fingerprint density at radius 3 is 2.13 bits per heavy atom. The summed E-state index contributed by atoms with van der Waals surface area (Å²) in [6.45, 7) is 9.70. The molecule has 0 aromatic carbocycles. The van der Waals surface area contributed by atoms with E-state index in [4.69, 9.17) is 0 Å². The van der Waals surface area contributed by atoms with Gasteiger partial charge in [-0.25, -0.2) is 0 Å². The molecule has 0 aromatic rings. The van der Waals surface area contributed by atoms with Gasteiger partial charge in [0.15, 0.2) is 0 Å². The lowest BCUT2D eigenvalue weighted by molar-refractivity contribution is -0.118. The van der Waals surface area contributed by atoms with Gasteiger partial charge in [0.1, 0.15) is 0 Å². The van der Waals surface area contributed by atoms with Gasteiger partial charge in [0.25, 0.3) is 5.91 Å². The molecule has 0 unspecified atom stereocenters. The van der Waals surface area contributed by atoms with Gasteiger partial charge in [-0.1, -0.05) is 24.3 Å². The number of carbonyl (C=O) groups excluding carboxylic acids is 1. The molecule has 15 heavy (non-hydrogen) atoms. The maximum Gasteiger partial charge on any atom is 0.251 e. The van der Waals surface area contributed by atoms with Crippen LogP contribution < -0.4 is 5.32 Å². The zero-order chi connectivity index (χ0) is 11.9. The van der Waals surface area contributed by atoms with Crippen molar-refractivity contribution in [3.05, 3.63) is 36.0 Å². The van der Waals surface area contributed by atoms with Gasteiger partial charge in [-0.2, -0.15) is 0 Å². The van der Waals surface area contributed by atoms with Crippen LogP contribution in [0.15, 0.2) is 36.0 Å². The Balaban J connectivity index is 4.51. The minimum atomic E-state index is -0.195. The van der Waals surface area contributed by atoms with Gasteiger partial charge < -0.3 is 5.32 Å². The standard InChI is InChI=1S/C13H21NO/c1-6-8-9-10-11(7-2)12(15)14-13(3,4)5/h6-10H,1-5H3,(H,14,15)/b8-6-,10-9-,11-7+. The fourth-order valence-corrected chi connectivity index (χ4v) is 0.986. The number of amides is 1. The van der Waals surface area contributed by atoms with Crippen LogP contribution in [0, 0.1) is 0 Å². The quantitative estimate of drug-likeness (QED) is 0.559. The molecule has 0 saturated heterocycles. The van der Waals surface area contributed by atoms with E-state index in [-0.39, 0.29) is 11.4 Å². The predicted octanol–water partition coefficient (Wildman–Crippen LogP) is 2.98. The van der Waals surface area contributed by atoms with Crippen LogP contribution in [0.4, 0.5) is 0 Å². The van der Waals surface area contributed by atoms with Crippen LogP contribution in [0.25, 0.3) is 0 Å². The number of hydrogen-bond acceptors (Lipinski definition) is 1. The van der Waals surface area contributed by atoms with Gasteiger partial charge in [-0.05, 0) is 40.7 Å². The largest absolute Gasteiger partial charge is 0.347 e. The van der Waals surface area contributed by atoms with Gasteiger partial charge in [-0.3, -0.25) is 4.79 Å². The normalized spacial score (nSPS) is 13.8. The van der Waals surface area contributed by atoms with Gasteiger partial charge in [-0.15, -0.1) is 0 Å². The van der Waals surface area contributed by atoms with Crippen LogP contribution in [0.2, 0.25) is 0 Å². The zero-order valence-corrected chi connectivity index (χ0v) is 10.3. The summed E-state index contributed by atoms with van der Waals surface area (Å²) in [5.41, 5.74) is 0.489. The summed E-state index contributed by atoms with van der Waals surface area (Å²) in [6, 6.07) is 0. The van der Waals surface area contributed by atoms with Crippen LogP contribution >= 0.6 is 0 Å². The molecule has 0 saturated carbocycles. The third kappa shape index (κ3) is 6.72. The lowest BCUT2D eigenvalue weighted by Crippen LogP contribution is -2.41. The Morgan fingerprint density at radius 1 is 1.13 bits per heavy atom. The van der Waals surface area contributed by atoms with E-state index in [0.29, 0.717) is 5.57 Å². The first-order valence-electron chi connectivity index (χ1n) is 5.19. The highest BCUT2D eigenvalue weighted by Crippen LogP contribution is 2.04. The molecule has 0 bridgehead atoms. The maximum absolute atomic E-state index is 11.7. The third-order valence-electron chi connectivity index (χ3n) is 1.64. The molecule has 0 rings (SSSR count). The minimum Gasteiger partial charge on any atom is -0.347 e. The van der Waals surface area contributed by atoms with Crippen LogP contribution in [-0.4, -0.2) is 11.4 Å². The second-order valence-corrected chi connectivity index (χ2v) is 4.33. The Bertz CT molecular complexity index is 290. The van der Waals surface area contributed by atoms with Crippen molar-refractivity contribution < 1.29 is 4.79 Å². The van der Waals surface area contributed by atoms with Crippen molar-refractivity contribution in [3.8, 4) is 0 Å². The highest BCUT2D eigenvalue weighted by Gasteiger charge is 2.14. The van der Waals surface area contributed by atoms with E-state index >= 15 is 0 Å². The Hall–Kier alpha value is -1.31. The lowest BCUT2D eigenvalue weighted by atomic mass is 10.1. The molecule has 0 fully saturated rings.